The Labute approximate surface area is 135 Å². The summed E-state index contributed by atoms with van der Waals surface area (Å²) in [4.78, 5) is 16.5. The van der Waals surface area contributed by atoms with Gasteiger partial charge in [0.2, 0.25) is 0 Å². The van der Waals surface area contributed by atoms with E-state index in [4.69, 9.17) is 23.2 Å². The van der Waals surface area contributed by atoms with Crippen molar-refractivity contribution in [2.45, 2.75) is 44.7 Å². The predicted molar refractivity (Wildman–Crippen MR) is 85.8 cm³/mol. The summed E-state index contributed by atoms with van der Waals surface area (Å²) in [6.45, 7) is 2.09. The highest BCUT2D eigenvalue weighted by atomic mass is 35.5. The van der Waals surface area contributed by atoms with Crippen molar-refractivity contribution < 1.29 is 4.79 Å². The number of rotatable bonds is 3. The second-order valence-electron chi connectivity index (χ2n) is 5.89. The molecule has 2 aliphatic rings. The van der Waals surface area contributed by atoms with Crippen LogP contribution >= 0.6 is 23.2 Å². The monoisotopic (exact) mass is 326 g/mol. The van der Waals surface area contributed by atoms with Crippen LogP contribution < -0.4 is 0 Å². The van der Waals surface area contributed by atoms with Crippen LogP contribution in [0.15, 0.2) is 18.2 Å². The van der Waals surface area contributed by atoms with Gasteiger partial charge in [0.05, 0.1) is 6.54 Å². The lowest BCUT2D eigenvalue weighted by Crippen LogP contribution is -2.40. The molecule has 1 aromatic rings. The molecule has 1 aliphatic heterocycles. The Hall–Kier alpha value is -0.930. The fraction of sp³-hybridized carbons (Fsp3) is 0.562. The van der Waals surface area contributed by atoms with Crippen LogP contribution in [-0.2, 0) is 6.54 Å². The van der Waals surface area contributed by atoms with Crippen LogP contribution in [0.25, 0.3) is 0 Å². The number of carbonyl (C=O) groups excluding carboxylic acids is 1. The number of halogens is 2. The van der Waals surface area contributed by atoms with Gasteiger partial charge in [0.25, 0.3) is 0 Å². The van der Waals surface area contributed by atoms with Crippen molar-refractivity contribution in [2.24, 2.45) is 0 Å². The van der Waals surface area contributed by atoms with E-state index in [1.165, 1.54) is 19.3 Å². The Morgan fingerprint density at radius 1 is 1.05 bits per heavy atom. The van der Waals surface area contributed by atoms with E-state index < -0.39 is 0 Å². The van der Waals surface area contributed by atoms with Gasteiger partial charge in [0.1, 0.15) is 0 Å². The molecule has 1 aromatic carbocycles. The summed E-state index contributed by atoms with van der Waals surface area (Å²) in [5.74, 6) is 0. The van der Waals surface area contributed by atoms with E-state index in [1.807, 2.05) is 28.0 Å². The lowest BCUT2D eigenvalue weighted by Gasteiger charge is -2.31. The highest BCUT2D eigenvalue weighted by molar-refractivity contribution is 6.36. The van der Waals surface area contributed by atoms with Crippen LogP contribution in [0.4, 0.5) is 4.79 Å². The Balaban J connectivity index is 1.69. The Morgan fingerprint density at radius 3 is 2.38 bits per heavy atom. The van der Waals surface area contributed by atoms with Crippen molar-refractivity contribution in [3.8, 4) is 0 Å². The van der Waals surface area contributed by atoms with Gasteiger partial charge in [-0.15, -0.1) is 0 Å². The maximum Gasteiger partial charge on any atom is 0.320 e. The molecule has 0 spiro atoms. The first kappa shape index (κ1) is 15.0. The third kappa shape index (κ3) is 3.14. The number of urea groups is 1. The average Bonchev–Trinajstić information content (AvgIpc) is 2.85. The third-order valence-corrected chi connectivity index (χ3v) is 5.26. The normalized spacial score (nSPS) is 20.4. The average molecular weight is 327 g/mol. The van der Waals surface area contributed by atoms with E-state index in [2.05, 4.69) is 0 Å². The zero-order valence-electron chi connectivity index (χ0n) is 12.0. The smallest absolute Gasteiger partial charge is 0.320 e. The number of nitrogens with zero attached hydrogens (tertiary/aromatic N) is 2. The lowest BCUT2D eigenvalue weighted by atomic mass is 9.94. The van der Waals surface area contributed by atoms with Crippen LogP contribution in [-0.4, -0.2) is 35.0 Å². The van der Waals surface area contributed by atoms with Crippen LogP contribution in [0.1, 0.15) is 37.7 Å². The van der Waals surface area contributed by atoms with Crippen molar-refractivity contribution in [3.05, 3.63) is 33.8 Å². The molecule has 0 aromatic heterocycles. The lowest BCUT2D eigenvalue weighted by molar-refractivity contribution is 0.162. The maximum absolute atomic E-state index is 12.6. The SMILES string of the molecule is O=C1N(Cc2c(Cl)cccc2Cl)CCN1C1CCCCC1. The largest absolute Gasteiger partial charge is 0.320 e. The Bertz CT molecular complexity index is 509. The summed E-state index contributed by atoms with van der Waals surface area (Å²) < 4.78 is 0. The molecule has 0 atom stereocenters. The van der Waals surface area contributed by atoms with Crippen molar-refractivity contribution in [1.29, 1.82) is 0 Å². The molecular formula is C16H20Cl2N2O. The van der Waals surface area contributed by atoms with Gasteiger partial charge in [-0.2, -0.15) is 0 Å². The number of amides is 2. The second kappa shape index (κ2) is 6.45. The van der Waals surface area contributed by atoms with E-state index in [0.717, 1.165) is 31.5 Å². The van der Waals surface area contributed by atoms with Crippen LogP contribution in [0.5, 0.6) is 0 Å². The van der Waals surface area contributed by atoms with Gasteiger partial charge >= 0.3 is 6.03 Å². The van der Waals surface area contributed by atoms with Crippen LogP contribution in [0, 0.1) is 0 Å². The zero-order chi connectivity index (χ0) is 14.8. The molecule has 2 fully saturated rings. The molecule has 0 bridgehead atoms. The second-order valence-corrected chi connectivity index (χ2v) is 6.70. The van der Waals surface area contributed by atoms with E-state index in [-0.39, 0.29) is 6.03 Å². The topological polar surface area (TPSA) is 23.6 Å². The molecule has 114 valence electrons. The van der Waals surface area contributed by atoms with E-state index in [0.29, 0.717) is 22.6 Å². The van der Waals surface area contributed by atoms with Crippen molar-refractivity contribution in [3.63, 3.8) is 0 Å². The van der Waals surface area contributed by atoms with Gasteiger partial charge < -0.3 is 9.80 Å². The summed E-state index contributed by atoms with van der Waals surface area (Å²) in [5.41, 5.74) is 0.847. The van der Waals surface area contributed by atoms with Crippen molar-refractivity contribution in [1.82, 2.24) is 9.80 Å². The number of carbonyl (C=O) groups is 1. The van der Waals surface area contributed by atoms with E-state index >= 15 is 0 Å². The minimum Gasteiger partial charge on any atom is -0.320 e. The minimum atomic E-state index is 0.137. The molecule has 2 amide bonds. The van der Waals surface area contributed by atoms with Gasteiger partial charge in [-0.3, -0.25) is 0 Å². The molecule has 3 rings (SSSR count). The van der Waals surface area contributed by atoms with Crippen molar-refractivity contribution in [2.75, 3.05) is 13.1 Å². The summed E-state index contributed by atoms with van der Waals surface area (Å²) >= 11 is 12.4. The van der Waals surface area contributed by atoms with E-state index in [9.17, 15) is 4.79 Å². The van der Waals surface area contributed by atoms with Gasteiger partial charge in [0.15, 0.2) is 0 Å². The molecule has 5 heteroatoms. The molecule has 0 N–H and O–H groups in total. The zero-order valence-corrected chi connectivity index (χ0v) is 13.5. The first-order valence-electron chi connectivity index (χ1n) is 7.65. The molecule has 0 radical (unpaired) electrons. The molecular weight excluding hydrogens is 307 g/mol. The number of benzene rings is 1. The van der Waals surface area contributed by atoms with Crippen LogP contribution in [0.3, 0.4) is 0 Å². The molecule has 1 heterocycles. The van der Waals surface area contributed by atoms with Gasteiger partial charge in [-0.05, 0) is 25.0 Å². The van der Waals surface area contributed by atoms with Gasteiger partial charge in [-0.25, -0.2) is 4.79 Å². The Morgan fingerprint density at radius 2 is 1.71 bits per heavy atom. The molecule has 1 saturated carbocycles. The highest BCUT2D eigenvalue weighted by Crippen LogP contribution is 2.29. The fourth-order valence-electron chi connectivity index (χ4n) is 3.35. The molecule has 0 unspecified atom stereocenters. The Kier molecular flexibility index (Phi) is 4.60. The maximum atomic E-state index is 12.6. The predicted octanol–water partition coefficient (Wildman–Crippen LogP) is 4.56. The minimum absolute atomic E-state index is 0.137. The summed E-state index contributed by atoms with van der Waals surface area (Å²) in [5, 5.41) is 1.26. The number of hydrogen-bond donors (Lipinski definition) is 0. The fourth-order valence-corrected chi connectivity index (χ4v) is 3.87. The van der Waals surface area contributed by atoms with Crippen molar-refractivity contribution >= 4 is 29.2 Å². The highest BCUT2D eigenvalue weighted by Gasteiger charge is 2.34. The summed E-state index contributed by atoms with van der Waals surface area (Å²) in [6.07, 6.45) is 6.08. The number of hydrogen-bond acceptors (Lipinski definition) is 1. The standard InChI is InChI=1S/C16H20Cl2N2O/c17-14-7-4-8-15(18)13(14)11-19-9-10-20(16(19)21)12-5-2-1-3-6-12/h4,7-8,12H,1-3,5-6,9-11H2. The molecule has 21 heavy (non-hydrogen) atoms. The van der Waals surface area contributed by atoms with Gasteiger partial charge in [-0.1, -0.05) is 48.5 Å². The van der Waals surface area contributed by atoms with E-state index in [1.54, 1.807) is 0 Å². The molecule has 3 nitrogen and oxygen atoms in total. The summed E-state index contributed by atoms with van der Waals surface area (Å²) in [6, 6.07) is 6.04. The summed E-state index contributed by atoms with van der Waals surface area (Å²) in [7, 11) is 0. The quantitative estimate of drug-likeness (QED) is 0.798. The third-order valence-electron chi connectivity index (χ3n) is 4.55. The first-order valence-corrected chi connectivity index (χ1v) is 8.41. The molecule has 1 saturated heterocycles. The van der Waals surface area contributed by atoms with Gasteiger partial charge in [0, 0.05) is 34.7 Å². The first-order chi connectivity index (χ1) is 10.2. The van der Waals surface area contributed by atoms with Crippen LogP contribution in [0.2, 0.25) is 10.0 Å². The molecule has 1 aliphatic carbocycles.